The fourth-order valence-electron chi connectivity index (χ4n) is 1.89. The zero-order valence-corrected chi connectivity index (χ0v) is 12.2. The van der Waals surface area contributed by atoms with Crippen LogP contribution in [-0.2, 0) is 9.59 Å². The molecule has 0 aromatic carbocycles. The number of rotatable bonds is 4. The molecular weight excluding hydrogens is 266 g/mol. The fraction of sp³-hybridized carbons (Fsp3) is 0.769. The maximum Gasteiger partial charge on any atom is 0.236 e. The number of piperidine rings is 1. The van der Waals surface area contributed by atoms with Crippen LogP contribution in [-0.4, -0.2) is 41.7 Å². The summed E-state index contributed by atoms with van der Waals surface area (Å²) in [6.45, 7) is 4.79. The summed E-state index contributed by atoms with van der Waals surface area (Å²) < 4.78 is 0. The van der Waals surface area contributed by atoms with Crippen molar-refractivity contribution in [2.24, 2.45) is 5.41 Å². The lowest BCUT2D eigenvalue weighted by Gasteiger charge is -2.33. The Morgan fingerprint density at radius 2 is 2.00 bits per heavy atom. The van der Waals surface area contributed by atoms with Gasteiger partial charge in [-0.15, -0.1) is 11.6 Å². The lowest BCUT2D eigenvalue weighted by Crippen LogP contribution is -2.49. The number of alkyl halides is 1. The number of hydrogen-bond donors (Lipinski definition) is 1. The quantitative estimate of drug-likeness (QED) is 0.791. The first-order chi connectivity index (χ1) is 8.90. The number of nitrogens with one attached hydrogen (secondary N) is 1. The van der Waals surface area contributed by atoms with Gasteiger partial charge in [0.1, 0.15) is 6.42 Å². The molecule has 0 radical (unpaired) electrons. The van der Waals surface area contributed by atoms with E-state index in [1.165, 1.54) is 0 Å². The molecule has 1 rings (SSSR count). The third-order valence-electron chi connectivity index (χ3n) is 3.36. The third-order valence-corrected chi connectivity index (χ3v) is 4.03. The van der Waals surface area contributed by atoms with Gasteiger partial charge >= 0.3 is 0 Å². The van der Waals surface area contributed by atoms with E-state index >= 15 is 0 Å². The highest BCUT2D eigenvalue weighted by Crippen LogP contribution is 2.19. The molecule has 0 atom stereocenters. The fourth-order valence-corrected chi connectivity index (χ4v) is 2.02. The Morgan fingerprint density at radius 1 is 1.42 bits per heavy atom. The van der Waals surface area contributed by atoms with Crippen LogP contribution < -0.4 is 5.32 Å². The van der Waals surface area contributed by atoms with Crippen molar-refractivity contribution < 1.29 is 9.59 Å². The van der Waals surface area contributed by atoms with E-state index in [4.69, 9.17) is 16.9 Å². The van der Waals surface area contributed by atoms with Gasteiger partial charge in [0.15, 0.2) is 0 Å². The van der Waals surface area contributed by atoms with Crippen molar-refractivity contribution in [3.63, 3.8) is 0 Å². The van der Waals surface area contributed by atoms with Crippen molar-refractivity contribution in [3.05, 3.63) is 0 Å². The van der Waals surface area contributed by atoms with E-state index in [0.29, 0.717) is 13.1 Å². The third kappa shape index (κ3) is 4.39. The van der Waals surface area contributed by atoms with E-state index in [0.717, 1.165) is 12.8 Å². The standard InChI is InChI=1S/C13H20ClN3O2/c1-13(2,9-14)12(19)16-10-4-7-17(8-5-10)11(18)3-6-15/h10H,3-5,7-9H2,1-2H3,(H,16,19). The van der Waals surface area contributed by atoms with Crippen molar-refractivity contribution in [1.82, 2.24) is 10.2 Å². The molecule has 1 fully saturated rings. The first-order valence-electron chi connectivity index (χ1n) is 6.42. The molecular formula is C13H20ClN3O2. The Kier molecular flexibility index (Phi) is 5.61. The average molecular weight is 286 g/mol. The first-order valence-corrected chi connectivity index (χ1v) is 6.96. The number of hydrogen-bond acceptors (Lipinski definition) is 3. The van der Waals surface area contributed by atoms with Crippen molar-refractivity contribution in [2.45, 2.75) is 39.2 Å². The molecule has 0 aromatic heterocycles. The summed E-state index contributed by atoms with van der Waals surface area (Å²) in [4.78, 5) is 25.2. The van der Waals surface area contributed by atoms with Crippen LogP contribution in [0.2, 0.25) is 0 Å². The smallest absolute Gasteiger partial charge is 0.236 e. The molecule has 2 amide bonds. The summed E-state index contributed by atoms with van der Waals surface area (Å²) in [5, 5.41) is 11.5. The summed E-state index contributed by atoms with van der Waals surface area (Å²) in [6, 6.07) is 1.94. The maximum absolute atomic E-state index is 12.0. The summed E-state index contributed by atoms with van der Waals surface area (Å²) in [5.74, 6) is 0.0934. The molecule has 1 aliphatic heterocycles. The van der Waals surface area contributed by atoms with E-state index in [9.17, 15) is 9.59 Å². The van der Waals surface area contributed by atoms with Crippen LogP contribution in [0.1, 0.15) is 33.1 Å². The minimum absolute atomic E-state index is 0.0516. The largest absolute Gasteiger partial charge is 0.353 e. The van der Waals surface area contributed by atoms with Crippen molar-refractivity contribution in [3.8, 4) is 6.07 Å². The average Bonchev–Trinajstić information content (AvgIpc) is 2.39. The second-order valence-corrected chi connectivity index (χ2v) is 5.75. The van der Waals surface area contributed by atoms with Crippen LogP contribution >= 0.6 is 11.6 Å². The van der Waals surface area contributed by atoms with Gasteiger partial charge in [0, 0.05) is 25.0 Å². The van der Waals surface area contributed by atoms with Crippen LogP contribution in [0, 0.1) is 16.7 Å². The number of likely N-dealkylation sites (tertiary alicyclic amines) is 1. The van der Waals surface area contributed by atoms with Crippen LogP contribution in [0.3, 0.4) is 0 Å². The van der Waals surface area contributed by atoms with Gasteiger partial charge in [-0.05, 0) is 26.7 Å². The van der Waals surface area contributed by atoms with Crippen molar-refractivity contribution >= 4 is 23.4 Å². The number of halogens is 1. The number of amides is 2. The Hall–Kier alpha value is -1.28. The highest BCUT2D eigenvalue weighted by atomic mass is 35.5. The first kappa shape index (κ1) is 15.8. The molecule has 19 heavy (non-hydrogen) atoms. The molecule has 0 unspecified atom stereocenters. The zero-order valence-electron chi connectivity index (χ0n) is 11.4. The molecule has 0 aliphatic carbocycles. The van der Waals surface area contributed by atoms with Gasteiger partial charge in [-0.3, -0.25) is 9.59 Å². The molecule has 0 bridgehead atoms. The predicted molar refractivity (Wildman–Crippen MR) is 72.5 cm³/mol. The lowest BCUT2D eigenvalue weighted by atomic mass is 9.93. The van der Waals surface area contributed by atoms with Gasteiger partial charge < -0.3 is 10.2 Å². The molecule has 0 aromatic rings. The Labute approximate surface area is 118 Å². The van der Waals surface area contributed by atoms with Crippen LogP contribution in [0.4, 0.5) is 0 Å². The Morgan fingerprint density at radius 3 is 2.47 bits per heavy atom. The van der Waals surface area contributed by atoms with Crippen LogP contribution in [0.25, 0.3) is 0 Å². The van der Waals surface area contributed by atoms with E-state index in [2.05, 4.69) is 5.32 Å². The number of nitriles is 1. The monoisotopic (exact) mass is 285 g/mol. The van der Waals surface area contributed by atoms with Gasteiger partial charge in [0.05, 0.1) is 11.5 Å². The molecule has 0 saturated carbocycles. The number of nitrogens with zero attached hydrogens (tertiary/aromatic N) is 2. The molecule has 1 N–H and O–H groups in total. The summed E-state index contributed by atoms with van der Waals surface area (Å²) in [7, 11) is 0. The summed E-state index contributed by atoms with van der Waals surface area (Å²) in [5.41, 5.74) is -0.574. The number of carbonyl (C=O) groups is 2. The molecule has 1 heterocycles. The van der Waals surface area contributed by atoms with E-state index < -0.39 is 5.41 Å². The van der Waals surface area contributed by atoms with Gasteiger partial charge in [-0.25, -0.2) is 0 Å². The van der Waals surface area contributed by atoms with Crippen molar-refractivity contribution in [2.75, 3.05) is 19.0 Å². The van der Waals surface area contributed by atoms with E-state index in [1.54, 1.807) is 18.7 Å². The minimum atomic E-state index is -0.574. The van der Waals surface area contributed by atoms with Crippen molar-refractivity contribution in [1.29, 1.82) is 5.26 Å². The molecule has 6 heteroatoms. The highest BCUT2D eigenvalue weighted by molar-refractivity contribution is 6.19. The van der Waals surface area contributed by atoms with Crippen LogP contribution in [0.15, 0.2) is 0 Å². The maximum atomic E-state index is 12.0. The van der Waals surface area contributed by atoms with Gasteiger partial charge in [0.25, 0.3) is 0 Å². The Balaban J connectivity index is 2.41. The van der Waals surface area contributed by atoms with E-state index in [-0.39, 0.29) is 30.2 Å². The van der Waals surface area contributed by atoms with Gasteiger partial charge in [-0.1, -0.05) is 0 Å². The molecule has 5 nitrogen and oxygen atoms in total. The normalized spacial score (nSPS) is 16.8. The van der Waals surface area contributed by atoms with Crippen LogP contribution in [0.5, 0.6) is 0 Å². The molecule has 106 valence electrons. The molecule has 0 spiro atoms. The van der Waals surface area contributed by atoms with E-state index in [1.807, 2.05) is 6.07 Å². The topological polar surface area (TPSA) is 73.2 Å². The molecule has 1 saturated heterocycles. The second-order valence-electron chi connectivity index (χ2n) is 5.48. The lowest BCUT2D eigenvalue weighted by molar-refractivity contribution is -0.132. The highest BCUT2D eigenvalue weighted by Gasteiger charge is 2.30. The van der Waals surface area contributed by atoms with Gasteiger partial charge in [0.2, 0.25) is 11.8 Å². The van der Waals surface area contributed by atoms with Gasteiger partial charge in [-0.2, -0.15) is 5.26 Å². The molecule has 1 aliphatic rings. The SMILES string of the molecule is CC(C)(CCl)C(=O)NC1CCN(C(=O)CC#N)CC1. The Bertz CT molecular complexity index is 382. The predicted octanol–water partition coefficient (Wildman–Crippen LogP) is 1.27. The number of carbonyl (C=O) groups excluding carboxylic acids is 2. The summed E-state index contributed by atoms with van der Waals surface area (Å²) >= 11 is 5.76. The second kappa shape index (κ2) is 6.76. The minimum Gasteiger partial charge on any atom is -0.353 e. The summed E-state index contributed by atoms with van der Waals surface area (Å²) in [6.07, 6.45) is 1.37. The zero-order chi connectivity index (χ0) is 14.5.